The van der Waals surface area contributed by atoms with Crippen LogP contribution >= 0.6 is 15.9 Å². The summed E-state index contributed by atoms with van der Waals surface area (Å²) in [6.07, 6.45) is 2.17. The van der Waals surface area contributed by atoms with Crippen LogP contribution in [0.1, 0.15) is 30.0 Å². The van der Waals surface area contributed by atoms with Gasteiger partial charge in [-0.05, 0) is 71.4 Å². The molecule has 0 saturated heterocycles. The number of aromatic nitrogens is 1. The first-order valence-corrected chi connectivity index (χ1v) is 7.56. The topological polar surface area (TPSA) is 24.9 Å². The maximum atomic E-state index is 12.9. The van der Waals surface area contributed by atoms with E-state index in [1.54, 1.807) is 12.1 Å². The lowest BCUT2D eigenvalue weighted by Gasteiger charge is -2.37. The third-order valence-electron chi connectivity index (χ3n) is 3.89. The van der Waals surface area contributed by atoms with Gasteiger partial charge in [-0.3, -0.25) is 0 Å². The highest BCUT2D eigenvalue weighted by Gasteiger charge is 2.30. The Bertz CT molecular complexity index is 606. The molecule has 1 heterocycles. The second-order valence-corrected chi connectivity index (χ2v) is 6.14. The van der Waals surface area contributed by atoms with E-state index in [-0.39, 0.29) is 5.82 Å². The number of hydrogen-bond acceptors (Lipinski definition) is 2. The van der Waals surface area contributed by atoms with Gasteiger partial charge < -0.3 is 5.32 Å². The van der Waals surface area contributed by atoms with Crippen molar-refractivity contribution in [2.75, 3.05) is 5.32 Å². The van der Waals surface area contributed by atoms with Crippen molar-refractivity contribution in [1.29, 1.82) is 0 Å². The van der Waals surface area contributed by atoms with Gasteiger partial charge in [0.15, 0.2) is 0 Å². The molecular weight excluding hydrogens is 319 g/mol. The Morgan fingerprint density at radius 2 is 1.85 bits per heavy atom. The molecule has 2 aromatic rings. The average Bonchev–Trinajstić information content (AvgIpc) is 2.37. The second kappa shape index (κ2) is 5.52. The maximum Gasteiger partial charge on any atom is 0.123 e. The molecule has 4 heteroatoms. The number of halogens is 2. The van der Waals surface area contributed by atoms with Crippen molar-refractivity contribution >= 4 is 21.6 Å². The molecule has 1 aromatic heterocycles. The molecule has 3 rings (SSSR count). The molecule has 0 amide bonds. The highest BCUT2D eigenvalue weighted by atomic mass is 79.9. The van der Waals surface area contributed by atoms with Gasteiger partial charge in [0.05, 0.1) is 11.4 Å². The highest BCUT2D eigenvalue weighted by molar-refractivity contribution is 9.10. The zero-order chi connectivity index (χ0) is 14.1. The highest BCUT2D eigenvalue weighted by Crippen LogP contribution is 2.38. The van der Waals surface area contributed by atoms with Crippen LogP contribution in [0.15, 0.2) is 41.0 Å². The maximum absolute atomic E-state index is 12.9. The van der Waals surface area contributed by atoms with E-state index in [0.717, 1.165) is 28.8 Å². The first kappa shape index (κ1) is 13.6. The minimum Gasteiger partial charge on any atom is -0.381 e. The van der Waals surface area contributed by atoms with E-state index in [9.17, 15) is 4.39 Å². The van der Waals surface area contributed by atoms with Crippen molar-refractivity contribution in [3.05, 3.63) is 58.1 Å². The number of benzene rings is 1. The van der Waals surface area contributed by atoms with Crippen LogP contribution < -0.4 is 5.32 Å². The fraction of sp³-hybridized carbons (Fsp3) is 0.312. The summed E-state index contributed by atoms with van der Waals surface area (Å²) in [5.41, 5.74) is 3.33. The van der Waals surface area contributed by atoms with E-state index in [1.807, 2.05) is 25.1 Å². The van der Waals surface area contributed by atoms with Crippen molar-refractivity contribution in [1.82, 2.24) is 4.98 Å². The van der Waals surface area contributed by atoms with Gasteiger partial charge in [0.1, 0.15) is 10.4 Å². The SMILES string of the molecule is Cc1nc(Br)ccc1NC1CC(c2ccc(F)cc2)C1. The largest absolute Gasteiger partial charge is 0.381 e. The van der Waals surface area contributed by atoms with Crippen molar-refractivity contribution in [3.63, 3.8) is 0 Å². The molecule has 0 atom stereocenters. The summed E-state index contributed by atoms with van der Waals surface area (Å²) in [4.78, 5) is 4.38. The number of pyridine rings is 1. The van der Waals surface area contributed by atoms with Crippen molar-refractivity contribution in [2.45, 2.75) is 31.7 Å². The molecule has 20 heavy (non-hydrogen) atoms. The Morgan fingerprint density at radius 1 is 1.15 bits per heavy atom. The fourth-order valence-electron chi connectivity index (χ4n) is 2.65. The minimum atomic E-state index is -0.167. The number of hydrogen-bond donors (Lipinski definition) is 1. The van der Waals surface area contributed by atoms with E-state index >= 15 is 0 Å². The molecule has 0 aliphatic heterocycles. The average molecular weight is 335 g/mol. The summed E-state index contributed by atoms with van der Waals surface area (Å²) < 4.78 is 13.7. The first-order valence-electron chi connectivity index (χ1n) is 6.77. The zero-order valence-corrected chi connectivity index (χ0v) is 12.8. The smallest absolute Gasteiger partial charge is 0.123 e. The van der Waals surface area contributed by atoms with E-state index in [0.29, 0.717) is 12.0 Å². The number of nitrogens with one attached hydrogen (secondary N) is 1. The van der Waals surface area contributed by atoms with Gasteiger partial charge in [-0.25, -0.2) is 9.37 Å². The van der Waals surface area contributed by atoms with Crippen LogP contribution in [0.25, 0.3) is 0 Å². The molecule has 0 bridgehead atoms. The van der Waals surface area contributed by atoms with Gasteiger partial charge in [-0.15, -0.1) is 0 Å². The van der Waals surface area contributed by atoms with E-state index in [4.69, 9.17) is 0 Å². The molecule has 0 spiro atoms. The summed E-state index contributed by atoms with van der Waals surface area (Å²) in [7, 11) is 0. The van der Waals surface area contributed by atoms with Crippen LogP contribution in [0.2, 0.25) is 0 Å². The lowest BCUT2D eigenvalue weighted by Crippen LogP contribution is -2.34. The lowest BCUT2D eigenvalue weighted by atomic mass is 9.76. The summed E-state index contributed by atoms with van der Waals surface area (Å²) in [5, 5.41) is 3.53. The Hall–Kier alpha value is -1.42. The predicted molar refractivity (Wildman–Crippen MR) is 82.5 cm³/mol. The molecule has 1 saturated carbocycles. The monoisotopic (exact) mass is 334 g/mol. The first-order chi connectivity index (χ1) is 9.61. The second-order valence-electron chi connectivity index (χ2n) is 5.33. The van der Waals surface area contributed by atoms with Gasteiger partial charge >= 0.3 is 0 Å². The molecule has 0 unspecified atom stereocenters. The Morgan fingerprint density at radius 3 is 2.50 bits per heavy atom. The van der Waals surface area contributed by atoms with E-state index in [1.165, 1.54) is 5.56 Å². The molecule has 104 valence electrons. The molecular formula is C16H16BrFN2. The number of aryl methyl sites for hydroxylation is 1. The van der Waals surface area contributed by atoms with Gasteiger partial charge in [0.25, 0.3) is 0 Å². The summed E-state index contributed by atoms with van der Waals surface area (Å²) in [6, 6.07) is 11.3. The Labute approximate surface area is 126 Å². The van der Waals surface area contributed by atoms with Gasteiger partial charge in [0, 0.05) is 6.04 Å². The van der Waals surface area contributed by atoms with Crippen LogP contribution in [0.5, 0.6) is 0 Å². The van der Waals surface area contributed by atoms with Gasteiger partial charge in [-0.1, -0.05) is 12.1 Å². The molecule has 1 N–H and O–H groups in total. The number of rotatable bonds is 3. The standard InChI is InChI=1S/C16H16BrFN2/c1-10-15(6-7-16(17)19-10)20-14-8-12(9-14)11-2-4-13(18)5-3-11/h2-7,12,14,20H,8-9H2,1H3. The van der Waals surface area contributed by atoms with Crippen LogP contribution in [-0.4, -0.2) is 11.0 Å². The van der Waals surface area contributed by atoms with E-state index in [2.05, 4.69) is 32.3 Å². The van der Waals surface area contributed by atoms with Crippen LogP contribution in [-0.2, 0) is 0 Å². The normalized spacial score (nSPS) is 21.4. The van der Waals surface area contributed by atoms with Crippen molar-refractivity contribution in [3.8, 4) is 0 Å². The van der Waals surface area contributed by atoms with Gasteiger partial charge in [0.2, 0.25) is 0 Å². The fourth-order valence-corrected chi connectivity index (χ4v) is 3.04. The summed E-state index contributed by atoms with van der Waals surface area (Å²) in [6.45, 7) is 2.00. The Balaban J connectivity index is 1.59. The molecule has 1 aliphatic rings. The third kappa shape index (κ3) is 2.85. The summed E-state index contributed by atoms with van der Waals surface area (Å²) in [5.74, 6) is 0.371. The molecule has 1 aliphatic carbocycles. The quantitative estimate of drug-likeness (QED) is 0.826. The molecule has 2 nitrogen and oxygen atoms in total. The summed E-state index contributed by atoms with van der Waals surface area (Å²) >= 11 is 3.37. The van der Waals surface area contributed by atoms with Gasteiger partial charge in [-0.2, -0.15) is 0 Å². The van der Waals surface area contributed by atoms with Crippen LogP contribution in [0.3, 0.4) is 0 Å². The Kier molecular flexibility index (Phi) is 3.74. The predicted octanol–water partition coefficient (Wildman–Crippen LogP) is 4.65. The van der Waals surface area contributed by atoms with Crippen LogP contribution in [0, 0.1) is 12.7 Å². The zero-order valence-electron chi connectivity index (χ0n) is 11.2. The van der Waals surface area contributed by atoms with Crippen LogP contribution in [0.4, 0.5) is 10.1 Å². The minimum absolute atomic E-state index is 0.167. The number of anilines is 1. The third-order valence-corrected chi connectivity index (χ3v) is 4.33. The van der Waals surface area contributed by atoms with Crippen molar-refractivity contribution in [2.24, 2.45) is 0 Å². The number of nitrogens with zero attached hydrogens (tertiary/aromatic N) is 1. The molecule has 1 aromatic carbocycles. The molecule has 1 fully saturated rings. The van der Waals surface area contributed by atoms with E-state index < -0.39 is 0 Å². The molecule has 0 radical (unpaired) electrons. The van der Waals surface area contributed by atoms with Crippen molar-refractivity contribution < 1.29 is 4.39 Å². The lowest BCUT2D eigenvalue weighted by molar-refractivity contribution is 0.373.